The van der Waals surface area contributed by atoms with Gasteiger partial charge in [0, 0.05) is 19.1 Å². The van der Waals surface area contributed by atoms with Gasteiger partial charge in [-0.1, -0.05) is 6.92 Å². The van der Waals surface area contributed by atoms with Crippen LogP contribution in [0.1, 0.15) is 13.3 Å². The monoisotopic (exact) mass is 158 g/mol. The van der Waals surface area contributed by atoms with E-state index < -0.39 is 0 Å². The van der Waals surface area contributed by atoms with E-state index in [1.165, 1.54) is 0 Å². The number of aliphatic hydroxyl groups excluding tert-OH is 1. The maximum Gasteiger partial charge on any atom is 0.0585 e. The van der Waals surface area contributed by atoms with E-state index >= 15 is 0 Å². The Balaban J connectivity index is 2.27. The molecule has 0 aromatic heterocycles. The van der Waals surface area contributed by atoms with Gasteiger partial charge in [0.15, 0.2) is 0 Å². The van der Waals surface area contributed by atoms with Gasteiger partial charge < -0.3 is 15.3 Å². The minimum Gasteiger partial charge on any atom is -0.395 e. The number of hydrogen-bond acceptors (Lipinski definition) is 3. The summed E-state index contributed by atoms with van der Waals surface area (Å²) in [5, 5.41) is 12.2. The smallest absolute Gasteiger partial charge is 0.0585 e. The topological polar surface area (TPSA) is 35.5 Å². The Morgan fingerprint density at radius 2 is 2.36 bits per heavy atom. The molecule has 11 heavy (non-hydrogen) atoms. The molecule has 0 bridgehead atoms. The number of likely N-dealkylation sites (N-methyl/N-ethyl adjacent to an activating group) is 1. The zero-order chi connectivity index (χ0) is 8.10. The van der Waals surface area contributed by atoms with Gasteiger partial charge in [0.2, 0.25) is 0 Å². The van der Waals surface area contributed by atoms with E-state index in [9.17, 15) is 0 Å². The summed E-state index contributed by atoms with van der Waals surface area (Å²) in [6.45, 7) is 6.83. The van der Waals surface area contributed by atoms with Crippen molar-refractivity contribution in [2.45, 2.75) is 19.4 Å². The fraction of sp³-hybridized carbons (Fsp3) is 1.00. The lowest BCUT2D eigenvalue weighted by atomic mass is 10.2. The van der Waals surface area contributed by atoms with Crippen molar-refractivity contribution in [2.24, 2.45) is 0 Å². The van der Waals surface area contributed by atoms with Crippen LogP contribution in [0.5, 0.6) is 0 Å². The number of aliphatic hydroxyl groups is 1. The van der Waals surface area contributed by atoms with E-state index in [0.717, 1.165) is 32.6 Å². The third-order valence-corrected chi connectivity index (χ3v) is 2.32. The number of hydrogen-bond donors (Lipinski definition) is 2. The molecular weight excluding hydrogens is 140 g/mol. The molecule has 1 heterocycles. The van der Waals surface area contributed by atoms with Crippen LogP contribution in [-0.4, -0.2) is 48.8 Å². The van der Waals surface area contributed by atoms with Gasteiger partial charge in [0.1, 0.15) is 0 Å². The Morgan fingerprint density at radius 1 is 1.55 bits per heavy atom. The maximum absolute atomic E-state index is 8.89. The molecule has 0 aromatic carbocycles. The van der Waals surface area contributed by atoms with Crippen LogP contribution in [0.15, 0.2) is 0 Å². The summed E-state index contributed by atoms with van der Waals surface area (Å²) in [5.41, 5.74) is 0. The van der Waals surface area contributed by atoms with E-state index in [-0.39, 0.29) is 6.61 Å². The van der Waals surface area contributed by atoms with E-state index in [1.807, 2.05) is 0 Å². The summed E-state index contributed by atoms with van der Waals surface area (Å²) in [7, 11) is 0. The second-order valence-electron chi connectivity index (χ2n) is 3.06. The lowest BCUT2D eigenvalue weighted by Gasteiger charge is -2.16. The molecule has 0 unspecified atom stereocenters. The van der Waals surface area contributed by atoms with Gasteiger partial charge >= 0.3 is 0 Å². The summed E-state index contributed by atoms with van der Waals surface area (Å²) in [6, 6.07) is 0.326. The second kappa shape index (κ2) is 4.70. The predicted molar refractivity (Wildman–Crippen MR) is 45.6 cm³/mol. The van der Waals surface area contributed by atoms with Crippen LogP contribution in [0, 0.1) is 0 Å². The van der Waals surface area contributed by atoms with Crippen LogP contribution in [0.4, 0.5) is 0 Å². The quantitative estimate of drug-likeness (QED) is 0.577. The third-order valence-electron chi connectivity index (χ3n) is 2.32. The van der Waals surface area contributed by atoms with Crippen molar-refractivity contribution >= 4 is 0 Å². The van der Waals surface area contributed by atoms with E-state index in [1.54, 1.807) is 0 Å². The normalized spacial score (nSPS) is 28.4. The molecule has 1 saturated heterocycles. The first-order valence-corrected chi connectivity index (χ1v) is 4.43. The van der Waals surface area contributed by atoms with Crippen molar-refractivity contribution in [3.63, 3.8) is 0 Å². The van der Waals surface area contributed by atoms with Crippen molar-refractivity contribution in [1.29, 1.82) is 0 Å². The zero-order valence-electron chi connectivity index (χ0n) is 7.21. The van der Waals surface area contributed by atoms with Crippen molar-refractivity contribution in [2.75, 3.05) is 32.8 Å². The molecule has 1 aliphatic heterocycles. The number of rotatable bonds is 2. The summed E-state index contributed by atoms with van der Waals surface area (Å²) < 4.78 is 0. The van der Waals surface area contributed by atoms with Crippen molar-refractivity contribution in [1.82, 2.24) is 10.2 Å². The number of nitrogens with one attached hydrogen (secondary N) is 1. The zero-order valence-corrected chi connectivity index (χ0v) is 7.21. The molecule has 1 atom stereocenters. The molecule has 3 nitrogen and oxygen atoms in total. The van der Waals surface area contributed by atoms with Gasteiger partial charge in [0.05, 0.1) is 6.61 Å². The highest BCUT2D eigenvalue weighted by atomic mass is 16.3. The van der Waals surface area contributed by atoms with E-state index in [2.05, 4.69) is 17.1 Å². The predicted octanol–water partition coefficient (Wildman–Crippen LogP) is -0.338. The van der Waals surface area contributed by atoms with Crippen LogP contribution in [0.25, 0.3) is 0 Å². The first kappa shape index (κ1) is 8.97. The molecule has 3 heteroatoms. The van der Waals surface area contributed by atoms with Gasteiger partial charge in [-0.25, -0.2) is 0 Å². The highest BCUT2D eigenvalue weighted by molar-refractivity contribution is 4.73. The van der Waals surface area contributed by atoms with Gasteiger partial charge in [-0.2, -0.15) is 0 Å². The number of nitrogens with zero attached hydrogens (tertiary/aromatic N) is 1. The van der Waals surface area contributed by atoms with Gasteiger partial charge in [0.25, 0.3) is 0 Å². The summed E-state index contributed by atoms with van der Waals surface area (Å²) >= 11 is 0. The average molecular weight is 158 g/mol. The van der Waals surface area contributed by atoms with Gasteiger partial charge in [-0.15, -0.1) is 0 Å². The third kappa shape index (κ3) is 2.77. The van der Waals surface area contributed by atoms with Crippen molar-refractivity contribution in [3.8, 4) is 0 Å². The minimum atomic E-state index is 0.275. The lowest BCUT2D eigenvalue weighted by molar-refractivity contribution is 0.237. The molecule has 0 saturated carbocycles. The Hall–Kier alpha value is -0.120. The van der Waals surface area contributed by atoms with Crippen molar-refractivity contribution in [3.05, 3.63) is 0 Å². The fourth-order valence-corrected chi connectivity index (χ4v) is 1.45. The largest absolute Gasteiger partial charge is 0.395 e. The standard InChI is InChI=1S/C8H18N2O/c1-2-10-5-3-8(7-11)9-4-6-10/h8-9,11H,2-7H2,1H3/t8-/m0/s1. The van der Waals surface area contributed by atoms with Gasteiger partial charge in [-0.3, -0.25) is 0 Å². The van der Waals surface area contributed by atoms with E-state index in [0.29, 0.717) is 6.04 Å². The fourth-order valence-electron chi connectivity index (χ4n) is 1.45. The highest BCUT2D eigenvalue weighted by Crippen LogP contribution is 1.99. The van der Waals surface area contributed by atoms with Crippen LogP contribution in [0.3, 0.4) is 0 Å². The molecule has 1 rings (SSSR count). The average Bonchev–Trinajstić information content (AvgIpc) is 2.28. The lowest BCUT2D eigenvalue weighted by Crippen LogP contribution is -2.32. The summed E-state index contributed by atoms with van der Waals surface area (Å²) in [6.07, 6.45) is 1.07. The van der Waals surface area contributed by atoms with E-state index in [4.69, 9.17) is 5.11 Å². The second-order valence-corrected chi connectivity index (χ2v) is 3.06. The molecule has 66 valence electrons. The van der Waals surface area contributed by atoms with Crippen LogP contribution >= 0.6 is 0 Å². The molecule has 0 spiro atoms. The molecule has 1 fully saturated rings. The first-order chi connectivity index (χ1) is 5.36. The molecule has 0 amide bonds. The molecule has 2 N–H and O–H groups in total. The molecule has 0 aromatic rings. The molecule has 0 aliphatic carbocycles. The van der Waals surface area contributed by atoms with Crippen LogP contribution < -0.4 is 5.32 Å². The molecule has 1 aliphatic rings. The Labute approximate surface area is 68.4 Å². The maximum atomic E-state index is 8.89. The molecular formula is C8H18N2O. The Morgan fingerprint density at radius 3 is 3.00 bits per heavy atom. The summed E-state index contributed by atoms with van der Waals surface area (Å²) in [4.78, 5) is 2.41. The highest BCUT2D eigenvalue weighted by Gasteiger charge is 2.13. The summed E-state index contributed by atoms with van der Waals surface area (Å²) in [5.74, 6) is 0. The SMILES string of the molecule is CCN1CCN[C@H](CO)CC1. The Bertz CT molecular complexity index is 96.3. The van der Waals surface area contributed by atoms with Crippen molar-refractivity contribution < 1.29 is 5.11 Å². The van der Waals surface area contributed by atoms with Gasteiger partial charge in [-0.05, 0) is 19.5 Å². The minimum absolute atomic E-state index is 0.275. The Kier molecular flexibility index (Phi) is 3.83. The van der Waals surface area contributed by atoms with Crippen LogP contribution in [0.2, 0.25) is 0 Å². The van der Waals surface area contributed by atoms with Crippen LogP contribution in [-0.2, 0) is 0 Å². The first-order valence-electron chi connectivity index (χ1n) is 4.43. The molecule has 0 radical (unpaired) electrons.